The van der Waals surface area contributed by atoms with Crippen molar-refractivity contribution in [2.24, 2.45) is 0 Å². The van der Waals surface area contributed by atoms with Crippen LogP contribution in [0.2, 0.25) is 0 Å². The summed E-state index contributed by atoms with van der Waals surface area (Å²) in [6, 6.07) is 19.4. The number of benzene rings is 1. The minimum atomic E-state index is -0.262. The van der Waals surface area contributed by atoms with Crippen LogP contribution in [-0.4, -0.2) is 27.5 Å². The summed E-state index contributed by atoms with van der Waals surface area (Å²) in [4.78, 5) is 34.6. The fraction of sp³-hybridized carbons (Fsp3) is 0.0952. The fourth-order valence-corrected chi connectivity index (χ4v) is 3.15. The average Bonchev–Trinajstić information content (AvgIpc) is 3.10. The van der Waals surface area contributed by atoms with Crippen LogP contribution >= 0.6 is 0 Å². The summed E-state index contributed by atoms with van der Waals surface area (Å²) in [6.07, 6.45) is 0. The molecule has 0 bridgehead atoms. The number of nitrogens with one attached hydrogen (secondary N) is 1. The van der Waals surface area contributed by atoms with E-state index in [4.69, 9.17) is 5.73 Å². The number of rotatable bonds is 4. The number of hydrogen-bond donors (Lipinski definition) is 2. The molecule has 0 spiro atoms. The molecule has 0 fully saturated rings. The summed E-state index contributed by atoms with van der Waals surface area (Å²) in [5.41, 5.74) is 8.84. The van der Waals surface area contributed by atoms with E-state index in [0.29, 0.717) is 17.0 Å². The van der Waals surface area contributed by atoms with Gasteiger partial charge in [0.25, 0.3) is 11.5 Å². The van der Waals surface area contributed by atoms with Crippen LogP contribution in [0.5, 0.6) is 0 Å². The Morgan fingerprint density at radius 3 is 2.68 bits per heavy atom. The Morgan fingerprint density at radius 2 is 1.89 bits per heavy atom. The van der Waals surface area contributed by atoms with Crippen molar-refractivity contribution in [3.8, 4) is 0 Å². The molecule has 1 amide bonds. The molecular weight excluding hydrogens is 354 g/mol. The van der Waals surface area contributed by atoms with Crippen molar-refractivity contribution in [1.29, 1.82) is 0 Å². The molecule has 0 unspecified atom stereocenters. The molecule has 4 aromatic rings. The van der Waals surface area contributed by atoms with Gasteiger partial charge in [-0.05, 0) is 36.4 Å². The Labute approximate surface area is 161 Å². The number of anilines is 2. The number of nitrogen functional groups attached to an aromatic ring is 1. The van der Waals surface area contributed by atoms with Gasteiger partial charge >= 0.3 is 0 Å². The summed E-state index contributed by atoms with van der Waals surface area (Å²) in [6.45, 7) is 0.222. The number of carbonyl (C=O) groups excluding carboxylic acids is 1. The van der Waals surface area contributed by atoms with E-state index in [2.05, 4.69) is 9.97 Å². The molecule has 0 aliphatic heterocycles. The molecule has 0 radical (unpaired) electrons. The molecule has 0 aliphatic carbocycles. The largest absolute Gasteiger partial charge is 0.384 e. The summed E-state index contributed by atoms with van der Waals surface area (Å²) in [7, 11) is 1.69. The first-order chi connectivity index (χ1) is 13.5. The van der Waals surface area contributed by atoms with E-state index in [1.165, 1.54) is 15.5 Å². The highest BCUT2D eigenvalue weighted by molar-refractivity contribution is 6.04. The van der Waals surface area contributed by atoms with Crippen molar-refractivity contribution in [1.82, 2.24) is 14.5 Å². The van der Waals surface area contributed by atoms with Crippen LogP contribution in [0.4, 0.5) is 11.5 Å². The summed E-state index contributed by atoms with van der Waals surface area (Å²) in [5.74, 6) is 0.165. The highest BCUT2D eigenvalue weighted by atomic mass is 16.2. The number of nitrogens with zero attached hydrogens (tertiary/aromatic N) is 3. The van der Waals surface area contributed by atoms with Crippen LogP contribution in [0.1, 0.15) is 16.2 Å². The van der Waals surface area contributed by atoms with Gasteiger partial charge in [-0.1, -0.05) is 24.3 Å². The first-order valence-corrected chi connectivity index (χ1v) is 8.80. The lowest BCUT2D eigenvalue weighted by Gasteiger charge is -2.19. The number of para-hydroxylation sites is 1. The standard InChI is InChI=1S/C21H19N5O2/c1-25(15-6-3-2-4-7-15)21(28)18-8-5-9-20(27)26(18)13-14-12-17-16(23-14)10-11-19(22)24-17/h2-12,23H,13H2,1H3,(H2,22,24). The van der Waals surface area contributed by atoms with E-state index in [1.807, 2.05) is 42.5 Å². The number of aromatic nitrogens is 3. The number of fused-ring (bicyclic) bond motifs is 1. The van der Waals surface area contributed by atoms with Crippen molar-refractivity contribution in [2.75, 3.05) is 17.7 Å². The van der Waals surface area contributed by atoms with Gasteiger partial charge in [0.05, 0.1) is 17.6 Å². The van der Waals surface area contributed by atoms with Gasteiger partial charge in [0.15, 0.2) is 0 Å². The van der Waals surface area contributed by atoms with E-state index in [9.17, 15) is 9.59 Å². The second-order valence-electron chi connectivity index (χ2n) is 6.50. The third-order valence-corrected chi connectivity index (χ3v) is 4.60. The number of pyridine rings is 2. The van der Waals surface area contributed by atoms with Crippen LogP contribution in [0.15, 0.2) is 71.5 Å². The van der Waals surface area contributed by atoms with Crippen molar-refractivity contribution < 1.29 is 4.79 Å². The smallest absolute Gasteiger partial charge is 0.274 e. The topological polar surface area (TPSA) is 97.0 Å². The lowest BCUT2D eigenvalue weighted by atomic mass is 10.2. The maximum Gasteiger partial charge on any atom is 0.274 e. The highest BCUT2D eigenvalue weighted by Gasteiger charge is 2.18. The number of H-pyrrole nitrogens is 1. The zero-order valence-corrected chi connectivity index (χ0v) is 15.3. The fourth-order valence-electron chi connectivity index (χ4n) is 3.15. The van der Waals surface area contributed by atoms with Gasteiger partial charge in [-0.2, -0.15) is 0 Å². The van der Waals surface area contributed by atoms with Crippen LogP contribution in [0.3, 0.4) is 0 Å². The third-order valence-electron chi connectivity index (χ3n) is 4.60. The third kappa shape index (κ3) is 3.25. The van der Waals surface area contributed by atoms with Gasteiger partial charge in [0, 0.05) is 24.5 Å². The summed E-state index contributed by atoms with van der Waals surface area (Å²) < 4.78 is 1.45. The average molecular weight is 373 g/mol. The maximum atomic E-state index is 13.1. The Kier molecular flexibility index (Phi) is 4.41. The number of amides is 1. The Hall–Kier alpha value is -3.87. The number of nitrogens with two attached hydrogens (primary N) is 1. The minimum Gasteiger partial charge on any atom is -0.384 e. The lowest BCUT2D eigenvalue weighted by molar-refractivity contribution is 0.0983. The Balaban J connectivity index is 1.71. The molecule has 4 rings (SSSR count). The second kappa shape index (κ2) is 7.03. The number of carbonyl (C=O) groups is 1. The van der Waals surface area contributed by atoms with Crippen LogP contribution in [0.25, 0.3) is 11.0 Å². The minimum absolute atomic E-state index is 0.222. The van der Waals surface area contributed by atoms with Crippen molar-refractivity contribution in [3.63, 3.8) is 0 Å². The van der Waals surface area contributed by atoms with Crippen molar-refractivity contribution in [2.45, 2.75) is 6.54 Å². The molecular formula is C21H19N5O2. The normalized spacial score (nSPS) is 10.9. The first-order valence-electron chi connectivity index (χ1n) is 8.80. The van der Waals surface area contributed by atoms with E-state index < -0.39 is 0 Å². The summed E-state index contributed by atoms with van der Waals surface area (Å²) in [5, 5.41) is 0. The Bertz CT molecular complexity index is 1210. The van der Waals surface area contributed by atoms with Crippen molar-refractivity contribution >= 4 is 28.4 Å². The predicted molar refractivity (Wildman–Crippen MR) is 109 cm³/mol. The van der Waals surface area contributed by atoms with Crippen LogP contribution in [-0.2, 0) is 6.54 Å². The SMILES string of the molecule is CN(C(=O)c1cccc(=O)n1Cc1cc2nc(N)ccc2[nH]1)c1ccccc1. The molecule has 0 atom stereocenters. The monoisotopic (exact) mass is 373 g/mol. The lowest BCUT2D eigenvalue weighted by Crippen LogP contribution is -2.33. The molecule has 0 saturated carbocycles. The zero-order valence-electron chi connectivity index (χ0n) is 15.3. The molecule has 0 saturated heterocycles. The molecule has 3 aromatic heterocycles. The first kappa shape index (κ1) is 17.5. The van der Waals surface area contributed by atoms with Crippen LogP contribution < -0.4 is 16.2 Å². The van der Waals surface area contributed by atoms with Crippen molar-refractivity contribution in [3.05, 3.63) is 88.5 Å². The van der Waals surface area contributed by atoms with Crippen LogP contribution in [0, 0.1) is 0 Å². The molecule has 0 aliphatic rings. The number of hydrogen-bond acceptors (Lipinski definition) is 4. The van der Waals surface area contributed by atoms with Gasteiger partial charge < -0.3 is 15.6 Å². The molecule has 28 heavy (non-hydrogen) atoms. The second-order valence-corrected chi connectivity index (χ2v) is 6.50. The van der Waals surface area contributed by atoms with E-state index in [0.717, 1.165) is 16.9 Å². The van der Waals surface area contributed by atoms with E-state index in [-0.39, 0.29) is 18.0 Å². The van der Waals surface area contributed by atoms with E-state index >= 15 is 0 Å². The van der Waals surface area contributed by atoms with Gasteiger partial charge in [0.1, 0.15) is 11.5 Å². The highest BCUT2D eigenvalue weighted by Crippen LogP contribution is 2.17. The molecule has 7 heteroatoms. The van der Waals surface area contributed by atoms with E-state index in [1.54, 1.807) is 25.2 Å². The zero-order chi connectivity index (χ0) is 19.7. The van der Waals surface area contributed by atoms with Gasteiger partial charge in [-0.25, -0.2) is 4.98 Å². The molecule has 7 nitrogen and oxygen atoms in total. The maximum absolute atomic E-state index is 13.1. The van der Waals surface area contributed by atoms with Gasteiger partial charge in [-0.15, -0.1) is 0 Å². The molecule has 140 valence electrons. The van der Waals surface area contributed by atoms with Gasteiger partial charge in [-0.3, -0.25) is 14.2 Å². The molecule has 3 N–H and O–H groups in total. The quantitative estimate of drug-likeness (QED) is 0.575. The molecule has 1 aromatic carbocycles. The Morgan fingerprint density at radius 1 is 1.11 bits per heavy atom. The number of aromatic amines is 1. The molecule has 3 heterocycles. The predicted octanol–water partition coefficient (Wildman–Crippen LogP) is 2.63. The van der Waals surface area contributed by atoms with Gasteiger partial charge in [0.2, 0.25) is 0 Å². The summed E-state index contributed by atoms with van der Waals surface area (Å²) >= 11 is 0.